The molecule has 2 aromatic heterocycles. The van der Waals surface area contributed by atoms with Gasteiger partial charge < -0.3 is 15.2 Å². The van der Waals surface area contributed by atoms with Gasteiger partial charge in [0.25, 0.3) is 0 Å². The number of hydrogen-bond acceptors (Lipinski definition) is 7. The normalized spacial score (nSPS) is 15.7. The number of aryl methyl sites for hydroxylation is 2. The highest BCUT2D eigenvalue weighted by Crippen LogP contribution is 2.36. The molecule has 1 aromatic carbocycles. The minimum Gasteiger partial charge on any atom is -0.351 e. The molecule has 0 radical (unpaired) electrons. The van der Waals surface area contributed by atoms with E-state index in [-0.39, 0.29) is 42.5 Å². The van der Waals surface area contributed by atoms with Crippen LogP contribution in [-0.2, 0) is 22.7 Å². The third-order valence-electron chi connectivity index (χ3n) is 6.74. The lowest BCUT2D eigenvalue weighted by Gasteiger charge is -2.30. The molecule has 3 heterocycles. The molecule has 40 heavy (non-hydrogen) atoms. The Morgan fingerprint density at radius 3 is 2.38 bits per heavy atom. The SMILES string of the molecule is Cc1cc(CNC(C)C)cc(F)c1-n1cc(-c2nc(NC3CCN(S(C)(=O)=O)CC3)ncc2C(F)(F)F)nc1C. The lowest BCUT2D eigenvalue weighted by molar-refractivity contribution is -0.137. The molecular weight excluding hydrogens is 550 g/mol. The summed E-state index contributed by atoms with van der Waals surface area (Å²) in [6.07, 6.45) is -0.674. The van der Waals surface area contributed by atoms with Crippen LogP contribution < -0.4 is 10.6 Å². The molecule has 9 nitrogen and oxygen atoms in total. The largest absolute Gasteiger partial charge is 0.420 e. The highest BCUT2D eigenvalue weighted by molar-refractivity contribution is 7.88. The first-order valence-corrected chi connectivity index (χ1v) is 14.7. The first-order valence-electron chi connectivity index (χ1n) is 12.9. The number of rotatable bonds is 8. The molecule has 1 saturated heterocycles. The van der Waals surface area contributed by atoms with Crippen LogP contribution in [0, 0.1) is 19.7 Å². The zero-order valence-electron chi connectivity index (χ0n) is 23.0. The molecule has 14 heteroatoms. The van der Waals surface area contributed by atoms with Crippen LogP contribution >= 0.6 is 0 Å². The van der Waals surface area contributed by atoms with Gasteiger partial charge in [-0.15, -0.1) is 0 Å². The second-order valence-electron chi connectivity index (χ2n) is 10.4. The summed E-state index contributed by atoms with van der Waals surface area (Å²) in [5.41, 5.74) is -0.0272. The molecule has 0 aliphatic carbocycles. The molecule has 1 aliphatic heterocycles. The predicted octanol–water partition coefficient (Wildman–Crippen LogP) is 4.44. The van der Waals surface area contributed by atoms with E-state index in [1.165, 1.54) is 21.1 Å². The topological polar surface area (TPSA) is 105 Å². The molecule has 0 spiro atoms. The summed E-state index contributed by atoms with van der Waals surface area (Å²) in [6, 6.07) is 3.23. The van der Waals surface area contributed by atoms with Gasteiger partial charge in [-0.1, -0.05) is 19.9 Å². The van der Waals surface area contributed by atoms with Crippen LogP contribution in [0.25, 0.3) is 17.1 Å². The lowest BCUT2D eigenvalue weighted by Crippen LogP contribution is -2.42. The number of piperidine rings is 1. The number of alkyl halides is 3. The van der Waals surface area contributed by atoms with Crippen molar-refractivity contribution in [1.82, 2.24) is 29.1 Å². The molecule has 1 fully saturated rings. The Hall–Kier alpha value is -3.10. The fourth-order valence-electron chi connectivity index (χ4n) is 4.72. The van der Waals surface area contributed by atoms with Crippen molar-refractivity contribution in [3.63, 3.8) is 0 Å². The van der Waals surface area contributed by atoms with Crippen LogP contribution in [0.4, 0.5) is 23.5 Å². The van der Waals surface area contributed by atoms with Crippen molar-refractivity contribution in [2.75, 3.05) is 24.7 Å². The Balaban J connectivity index is 1.66. The van der Waals surface area contributed by atoms with E-state index < -0.39 is 33.3 Å². The van der Waals surface area contributed by atoms with Gasteiger partial charge in [0.1, 0.15) is 28.6 Å². The van der Waals surface area contributed by atoms with Crippen molar-refractivity contribution >= 4 is 16.0 Å². The van der Waals surface area contributed by atoms with Gasteiger partial charge in [-0.25, -0.2) is 32.1 Å². The standard InChI is InChI=1S/C26H33F4N7O2S/c1-15(2)31-12-18-10-16(3)24(21(27)11-18)37-14-22(33-17(37)4)23-20(26(28,29)30)13-32-25(35-23)34-19-6-8-36(9-7-19)40(5,38)39/h10-11,13-15,19,31H,6-9,12H2,1-5H3,(H,32,34,35). The molecule has 218 valence electrons. The van der Waals surface area contributed by atoms with E-state index in [1.807, 2.05) is 19.9 Å². The summed E-state index contributed by atoms with van der Waals surface area (Å²) >= 11 is 0. The Morgan fingerprint density at radius 1 is 1.12 bits per heavy atom. The first-order chi connectivity index (χ1) is 18.6. The average Bonchev–Trinajstić information content (AvgIpc) is 3.22. The number of imidazole rings is 1. The fraction of sp³-hybridized carbons (Fsp3) is 0.500. The number of aromatic nitrogens is 4. The number of hydrogen-bond donors (Lipinski definition) is 2. The van der Waals surface area contributed by atoms with Gasteiger partial charge >= 0.3 is 6.18 Å². The van der Waals surface area contributed by atoms with Crippen molar-refractivity contribution in [3.05, 3.63) is 52.9 Å². The molecule has 1 aliphatic rings. The molecular formula is C26H33F4N7O2S. The second kappa shape index (κ2) is 11.4. The minimum absolute atomic E-state index is 0.0302. The Morgan fingerprint density at radius 2 is 1.80 bits per heavy atom. The average molecular weight is 584 g/mol. The van der Waals surface area contributed by atoms with Crippen molar-refractivity contribution in [2.24, 2.45) is 0 Å². The second-order valence-corrected chi connectivity index (χ2v) is 12.3. The van der Waals surface area contributed by atoms with E-state index in [0.717, 1.165) is 11.8 Å². The van der Waals surface area contributed by atoms with Gasteiger partial charge in [0.05, 0.1) is 11.9 Å². The van der Waals surface area contributed by atoms with Gasteiger partial charge in [-0.2, -0.15) is 13.2 Å². The van der Waals surface area contributed by atoms with E-state index >= 15 is 4.39 Å². The number of sulfonamides is 1. The zero-order chi connectivity index (χ0) is 29.4. The summed E-state index contributed by atoms with van der Waals surface area (Å²) in [5.74, 6) is -0.258. The maximum atomic E-state index is 15.3. The maximum Gasteiger partial charge on any atom is 0.420 e. The van der Waals surface area contributed by atoms with E-state index in [1.54, 1.807) is 13.8 Å². The number of benzene rings is 1. The molecule has 3 aromatic rings. The number of anilines is 1. The van der Waals surface area contributed by atoms with Gasteiger partial charge in [-0.3, -0.25) is 0 Å². The summed E-state index contributed by atoms with van der Waals surface area (Å²) < 4.78 is 83.4. The van der Waals surface area contributed by atoms with Crippen LogP contribution in [0.5, 0.6) is 0 Å². The highest BCUT2D eigenvalue weighted by atomic mass is 32.2. The van der Waals surface area contributed by atoms with Gasteiger partial charge in [0.15, 0.2) is 0 Å². The monoisotopic (exact) mass is 583 g/mol. The van der Waals surface area contributed by atoms with Crippen molar-refractivity contribution in [2.45, 2.75) is 65.3 Å². The smallest absolute Gasteiger partial charge is 0.351 e. The van der Waals surface area contributed by atoms with Crippen LogP contribution in [-0.4, -0.2) is 63.7 Å². The molecule has 0 bridgehead atoms. The van der Waals surface area contributed by atoms with E-state index in [2.05, 4.69) is 25.6 Å². The zero-order valence-corrected chi connectivity index (χ0v) is 23.8. The third kappa shape index (κ3) is 6.78. The fourth-order valence-corrected chi connectivity index (χ4v) is 5.59. The number of halogens is 4. The van der Waals surface area contributed by atoms with Crippen molar-refractivity contribution in [1.29, 1.82) is 0 Å². The summed E-state index contributed by atoms with van der Waals surface area (Å²) in [5, 5.41) is 6.26. The first kappa shape index (κ1) is 29.9. The summed E-state index contributed by atoms with van der Waals surface area (Å²) in [4.78, 5) is 12.4. The van der Waals surface area contributed by atoms with Crippen LogP contribution in [0.2, 0.25) is 0 Å². The Bertz CT molecular complexity index is 1460. The summed E-state index contributed by atoms with van der Waals surface area (Å²) in [7, 11) is -3.32. The van der Waals surface area contributed by atoms with Crippen LogP contribution in [0.1, 0.15) is 49.2 Å². The molecule has 0 amide bonds. The highest BCUT2D eigenvalue weighted by Gasteiger charge is 2.37. The summed E-state index contributed by atoms with van der Waals surface area (Å²) in [6.45, 7) is 8.33. The molecule has 2 N–H and O–H groups in total. The van der Waals surface area contributed by atoms with Gasteiger partial charge in [0, 0.05) is 44.1 Å². The molecule has 0 unspecified atom stereocenters. The van der Waals surface area contributed by atoms with E-state index in [0.29, 0.717) is 37.0 Å². The maximum absolute atomic E-state index is 15.3. The Kier molecular flexibility index (Phi) is 8.52. The Labute approximate surface area is 231 Å². The van der Waals surface area contributed by atoms with Crippen LogP contribution in [0.3, 0.4) is 0 Å². The van der Waals surface area contributed by atoms with Crippen molar-refractivity contribution < 1.29 is 26.0 Å². The van der Waals surface area contributed by atoms with E-state index in [4.69, 9.17) is 0 Å². The molecule has 0 saturated carbocycles. The molecule has 0 atom stereocenters. The number of nitrogens with zero attached hydrogens (tertiary/aromatic N) is 5. The lowest BCUT2D eigenvalue weighted by atomic mass is 10.1. The van der Waals surface area contributed by atoms with Gasteiger partial charge in [0.2, 0.25) is 16.0 Å². The van der Waals surface area contributed by atoms with Crippen LogP contribution in [0.15, 0.2) is 24.5 Å². The molecule has 4 rings (SSSR count). The van der Waals surface area contributed by atoms with Gasteiger partial charge in [-0.05, 0) is 43.9 Å². The van der Waals surface area contributed by atoms with E-state index in [9.17, 15) is 21.6 Å². The number of nitrogens with one attached hydrogen (secondary N) is 2. The third-order valence-corrected chi connectivity index (χ3v) is 8.05. The van der Waals surface area contributed by atoms with Crippen molar-refractivity contribution in [3.8, 4) is 17.1 Å². The minimum atomic E-state index is -4.75. The predicted molar refractivity (Wildman–Crippen MR) is 144 cm³/mol. The quantitative estimate of drug-likeness (QED) is 0.378.